The zero-order valence-corrected chi connectivity index (χ0v) is 13.3. The Kier molecular flexibility index (Phi) is 5.24. The highest BCUT2D eigenvalue weighted by Gasteiger charge is 2.01. The Hall–Kier alpha value is -1.29. The normalized spacial score (nSPS) is 10.8. The molecule has 0 saturated heterocycles. The zero-order valence-electron chi connectivity index (χ0n) is 10.2. The van der Waals surface area contributed by atoms with E-state index in [0.717, 1.165) is 10.2 Å². The molecule has 0 radical (unpaired) electrons. The molecule has 20 heavy (non-hydrogen) atoms. The molecule has 2 aromatic rings. The van der Waals surface area contributed by atoms with E-state index >= 15 is 0 Å². The first-order chi connectivity index (χ1) is 9.56. The van der Waals surface area contributed by atoms with Crippen molar-refractivity contribution in [1.82, 2.24) is 0 Å². The predicted molar refractivity (Wildman–Crippen MR) is 87.7 cm³/mol. The van der Waals surface area contributed by atoms with E-state index in [1.54, 1.807) is 36.5 Å². The molecular formula is C15H10BrCl2NO. The summed E-state index contributed by atoms with van der Waals surface area (Å²) in [4.78, 5) is 11.9. The number of hydrogen-bond acceptors (Lipinski definition) is 2. The summed E-state index contributed by atoms with van der Waals surface area (Å²) in [6, 6.07) is 12.2. The largest absolute Gasteiger partial charge is 0.362 e. The summed E-state index contributed by atoms with van der Waals surface area (Å²) in [5.41, 5.74) is 1.42. The zero-order chi connectivity index (χ0) is 14.5. The number of carbonyl (C=O) groups excluding carboxylic acids is 1. The van der Waals surface area contributed by atoms with Gasteiger partial charge in [-0.2, -0.15) is 0 Å². The minimum Gasteiger partial charge on any atom is -0.362 e. The standard InChI is InChI=1S/C15H10BrCl2NO/c16-13-9-12(5-6-14(13)18)19-8-7-15(20)10-1-3-11(17)4-2-10/h1-9,19H/b8-7+. The Morgan fingerprint density at radius 3 is 2.45 bits per heavy atom. The SMILES string of the molecule is O=C(/C=C/Nc1ccc(Cl)c(Br)c1)c1ccc(Cl)cc1. The van der Waals surface area contributed by atoms with Gasteiger partial charge in [0, 0.05) is 33.0 Å². The number of carbonyl (C=O) groups is 1. The van der Waals surface area contributed by atoms with Crippen molar-refractivity contribution in [2.24, 2.45) is 0 Å². The molecule has 0 aliphatic heterocycles. The van der Waals surface area contributed by atoms with Crippen LogP contribution in [0.4, 0.5) is 5.69 Å². The Morgan fingerprint density at radius 2 is 1.80 bits per heavy atom. The van der Waals surface area contributed by atoms with Crippen molar-refractivity contribution in [3.05, 3.63) is 74.8 Å². The first-order valence-electron chi connectivity index (χ1n) is 5.74. The fourth-order valence-corrected chi connectivity index (χ4v) is 2.13. The Bertz CT molecular complexity index is 653. The van der Waals surface area contributed by atoms with Crippen LogP contribution >= 0.6 is 39.1 Å². The van der Waals surface area contributed by atoms with E-state index in [1.165, 1.54) is 6.08 Å². The number of anilines is 1. The molecule has 2 aromatic carbocycles. The fourth-order valence-electron chi connectivity index (χ4n) is 1.51. The van der Waals surface area contributed by atoms with Crippen molar-refractivity contribution in [3.63, 3.8) is 0 Å². The third-order valence-electron chi connectivity index (χ3n) is 2.53. The quantitative estimate of drug-likeness (QED) is 0.563. The van der Waals surface area contributed by atoms with E-state index < -0.39 is 0 Å². The van der Waals surface area contributed by atoms with Gasteiger partial charge in [0.15, 0.2) is 5.78 Å². The average molecular weight is 371 g/mol. The van der Waals surface area contributed by atoms with Crippen LogP contribution in [0.5, 0.6) is 0 Å². The highest BCUT2D eigenvalue weighted by atomic mass is 79.9. The summed E-state index contributed by atoms with van der Waals surface area (Å²) < 4.78 is 0.793. The molecule has 102 valence electrons. The van der Waals surface area contributed by atoms with Crippen LogP contribution in [-0.4, -0.2) is 5.78 Å². The lowest BCUT2D eigenvalue weighted by Gasteiger charge is -2.02. The summed E-state index contributed by atoms with van der Waals surface area (Å²) >= 11 is 15.0. The van der Waals surface area contributed by atoms with Gasteiger partial charge in [-0.15, -0.1) is 0 Å². The maximum atomic E-state index is 11.9. The Labute approximate surface area is 135 Å². The first-order valence-corrected chi connectivity index (χ1v) is 7.29. The van der Waals surface area contributed by atoms with Crippen LogP contribution in [0.2, 0.25) is 10.0 Å². The van der Waals surface area contributed by atoms with Gasteiger partial charge in [0.25, 0.3) is 0 Å². The molecular weight excluding hydrogens is 361 g/mol. The minimum absolute atomic E-state index is 0.0952. The van der Waals surface area contributed by atoms with Gasteiger partial charge in [-0.3, -0.25) is 4.79 Å². The second-order valence-electron chi connectivity index (χ2n) is 3.98. The van der Waals surface area contributed by atoms with E-state index in [-0.39, 0.29) is 5.78 Å². The van der Waals surface area contributed by atoms with Crippen LogP contribution in [0.1, 0.15) is 10.4 Å². The van der Waals surface area contributed by atoms with Gasteiger partial charge in [-0.25, -0.2) is 0 Å². The molecule has 0 spiro atoms. The summed E-state index contributed by atoms with van der Waals surface area (Å²) in [6.45, 7) is 0. The molecule has 0 amide bonds. The van der Waals surface area contributed by atoms with E-state index in [1.807, 2.05) is 12.1 Å². The van der Waals surface area contributed by atoms with E-state index in [0.29, 0.717) is 15.6 Å². The van der Waals surface area contributed by atoms with Gasteiger partial charge in [-0.05, 0) is 58.4 Å². The molecule has 0 atom stereocenters. The Morgan fingerprint density at radius 1 is 1.10 bits per heavy atom. The molecule has 2 rings (SSSR count). The van der Waals surface area contributed by atoms with E-state index in [4.69, 9.17) is 23.2 Å². The highest BCUT2D eigenvalue weighted by molar-refractivity contribution is 9.10. The van der Waals surface area contributed by atoms with Crippen LogP contribution in [0, 0.1) is 0 Å². The molecule has 0 aliphatic rings. The Balaban J connectivity index is 2.00. The summed E-state index contributed by atoms with van der Waals surface area (Å²) in [7, 11) is 0. The van der Waals surface area contributed by atoms with E-state index in [2.05, 4.69) is 21.2 Å². The molecule has 1 N–H and O–H groups in total. The summed E-state index contributed by atoms with van der Waals surface area (Å²) in [5.74, 6) is -0.0952. The highest BCUT2D eigenvalue weighted by Crippen LogP contribution is 2.25. The van der Waals surface area contributed by atoms with Gasteiger partial charge >= 0.3 is 0 Å². The molecule has 0 unspecified atom stereocenters. The van der Waals surface area contributed by atoms with Crippen LogP contribution in [0.3, 0.4) is 0 Å². The van der Waals surface area contributed by atoms with Crippen LogP contribution in [0.15, 0.2) is 59.2 Å². The lowest BCUT2D eigenvalue weighted by atomic mass is 10.1. The smallest absolute Gasteiger partial charge is 0.187 e. The van der Waals surface area contributed by atoms with Crippen molar-refractivity contribution < 1.29 is 4.79 Å². The van der Waals surface area contributed by atoms with Crippen molar-refractivity contribution in [3.8, 4) is 0 Å². The molecule has 0 aliphatic carbocycles. The first kappa shape index (κ1) is 15.1. The van der Waals surface area contributed by atoms with Gasteiger partial charge in [-0.1, -0.05) is 23.2 Å². The van der Waals surface area contributed by atoms with Crippen LogP contribution in [-0.2, 0) is 0 Å². The van der Waals surface area contributed by atoms with Crippen LogP contribution < -0.4 is 5.32 Å². The maximum absolute atomic E-state index is 11.9. The fraction of sp³-hybridized carbons (Fsp3) is 0. The molecule has 2 nitrogen and oxygen atoms in total. The maximum Gasteiger partial charge on any atom is 0.187 e. The topological polar surface area (TPSA) is 29.1 Å². The second kappa shape index (κ2) is 6.93. The minimum atomic E-state index is -0.0952. The summed E-state index contributed by atoms with van der Waals surface area (Å²) in [5, 5.41) is 4.25. The van der Waals surface area contributed by atoms with Gasteiger partial charge in [0.1, 0.15) is 0 Å². The molecule has 0 fully saturated rings. The van der Waals surface area contributed by atoms with Gasteiger partial charge < -0.3 is 5.32 Å². The van der Waals surface area contributed by atoms with Crippen molar-refractivity contribution in [1.29, 1.82) is 0 Å². The molecule has 5 heteroatoms. The van der Waals surface area contributed by atoms with Crippen molar-refractivity contribution >= 4 is 50.6 Å². The number of ketones is 1. The molecule has 0 aromatic heterocycles. The van der Waals surface area contributed by atoms with Crippen molar-refractivity contribution in [2.45, 2.75) is 0 Å². The summed E-state index contributed by atoms with van der Waals surface area (Å²) in [6.07, 6.45) is 3.05. The molecule has 0 bridgehead atoms. The van der Waals surface area contributed by atoms with Gasteiger partial charge in [0.05, 0.1) is 5.02 Å². The van der Waals surface area contributed by atoms with Gasteiger partial charge in [0.2, 0.25) is 0 Å². The number of halogens is 3. The lowest BCUT2D eigenvalue weighted by molar-refractivity contribution is 0.104. The number of nitrogens with one attached hydrogen (secondary N) is 1. The third kappa shape index (κ3) is 4.10. The van der Waals surface area contributed by atoms with Crippen molar-refractivity contribution in [2.75, 3.05) is 5.32 Å². The lowest BCUT2D eigenvalue weighted by Crippen LogP contribution is -1.96. The number of allylic oxidation sites excluding steroid dienone is 1. The monoisotopic (exact) mass is 369 g/mol. The predicted octanol–water partition coefficient (Wildman–Crippen LogP) is 5.56. The number of benzene rings is 2. The molecule has 0 saturated carbocycles. The number of rotatable bonds is 4. The second-order valence-corrected chi connectivity index (χ2v) is 5.68. The average Bonchev–Trinajstić information content (AvgIpc) is 2.43. The number of hydrogen-bond donors (Lipinski definition) is 1. The van der Waals surface area contributed by atoms with E-state index in [9.17, 15) is 4.79 Å². The molecule has 0 heterocycles. The third-order valence-corrected chi connectivity index (χ3v) is 4.00. The van der Waals surface area contributed by atoms with Crippen LogP contribution in [0.25, 0.3) is 0 Å².